The van der Waals surface area contributed by atoms with Crippen molar-refractivity contribution in [1.82, 2.24) is 9.97 Å². The van der Waals surface area contributed by atoms with Crippen molar-refractivity contribution in [2.24, 2.45) is 5.92 Å². The van der Waals surface area contributed by atoms with Crippen LogP contribution in [0.25, 0.3) is 11.3 Å². The van der Waals surface area contributed by atoms with Gasteiger partial charge >= 0.3 is 0 Å². The first kappa shape index (κ1) is 15.5. The Morgan fingerprint density at radius 1 is 1.14 bits per heavy atom. The Labute approximate surface area is 127 Å². The van der Waals surface area contributed by atoms with Gasteiger partial charge < -0.3 is 5.32 Å². The van der Waals surface area contributed by atoms with Crippen LogP contribution < -0.4 is 5.32 Å². The molecule has 2 aromatic rings. The Bertz CT molecular complexity index is 591. The lowest BCUT2D eigenvalue weighted by Crippen LogP contribution is -2.06. The van der Waals surface area contributed by atoms with E-state index in [2.05, 4.69) is 67.2 Å². The first-order valence-electron chi connectivity index (χ1n) is 7.82. The van der Waals surface area contributed by atoms with Crippen LogP contribution >= 0.6 is 0 Å². The molecule has 0 saturated carbocycles. The van der Waals surface area contributed by atoms with E-state index >= 15 is 0 Å². The largest absolute Gasteiger partial charge is 0.370 e. The normalized spacial score (nSPS) is 10.9. The summed E-state index contributed by atoms with van der Waals surface area (Å²) < 4.78 is 0. The van der Waals surface area contributed by atoms with Crippen LogP contribution in [0.5, 0.6) is 0 Å². The van der Waals surface area contributed by atoms with Gasteiger partial charge in [0.1, 0.15) is 12.1 Å². The van der Waals surface area contributed by atoms with E-state index in [1.165, 1.54) is 16.7 Å². The maximum atomic E-state index is 4.53. The van der Waals surface area contributed by atoms with E-state index in [1.54, 1.807) is 6.33 Å². The third-order valence-corrected chi connectivity index (χ3v) is 3.49. The minimum Gasteiger partial charge on any atom is -0.370 e. The van der Waals surface area contributed by atoms with E-state index in [0.717, 1.165) is 30.9 Å². The lowest BCUT2D eigenvalue weighted by molar-refractivity contribution is 0.647. The molecule has 0 amide bonds. The smallest absolute Gasteiger partial charge is 0.133 e. The first-order chi connectivity index (χ1) is 10.2. The van der Waals surface area contributed by atoms with Gasteiger partial charge in [-0.3, -0.25) is 0 Å². The van der Waals surface area contributed by atoms with E-state index in [1.807, 2.05) is 0 Å². The van der Waals surface area contributed by atoms with E-state index in [9.17, 15) is 0 Å². The molecule has 0 aliphatic heterocycles. The average Bonchev–Trinajstić information content (AvgIpc) is 2.47. The molecule has 1 aromatic carbocycles. The maximum absolute atomic E-state index is 4.53. The minimum absolute atomic E-state index is 0.661. The van der Waals surface area contributed by atoms with Crippen molar-refractivity contribution in [3.63, 3.8) is 0 Å². The quantitative estimate of drug-likeness (QED) is 0.857. The lowest BCUT2D eigenvalue weighted by atomic mass is 9.98. The van der Waals surface area contributed by atoms with Crippen molar-refractivity contribution in [2.45, 2.75) is 40.5 Å². The molecule has 0 spiro atoms. The van der Waals surface area contributed by atoms with Crippen LogP contribution in [0.1, 0.15) is 38.8 Å². The van der Waals surface area contributed by atoms with Gasteiger partial charge in [-0.15, -0.1) is 0 Å². The number of aromatic nitrogens is 2. The van der Waals surface area contributed by atoms with E-state index < -0.39 is 0 Å². The molecule has 0 fully saturated rings. The molecule has 21 heavy (non-hydrogen) atoms. The SMILES string of the molecule is CCNc1ncnc(-c2cccc(CC(C)C)c2)c1CC. The second-order valence-electron chi connectivity index (χ2n) is 5.73. The van der Waals surface area contributed by atoms with E-state index in [4.69, 9.17) is 0 Å². The molecule has 0 radical (unpaired) electrons. The van der Waals surface area contributed by atoms with Crippen molar-refractivity contribution < 1.29 is 0 Å². The van der Waals surface area contributed by atoms with Crippen LogP contribution in [-0.4, -0.2) is 16.5 Å². The maximum Gasteiger partial charge on any atom is 0.133 e. The molecule has 2 rings (SSSR count). The van der Waals surface area contributed by atoms with Crippen LogP contribution in [0.15, 0.2) is 30.6 Å². The molecule has 0 bridgehead atoms. The third-order valence-electron chi connectivity index (χ3n) is 3.49. The summed E-state index contributed by atoms with van der Waals surface area (Å²) in [6.45, 7) is 9.61. The standard InChI is InChI=1S/C18H25N3/c1-5-16-17(20-12-21-18(16)19-6-2)15-9-7-8-14(11-15)10-13(3)4/h7-9,11-13H,5-6,10H2,1-4H3,(H,19,20,21). The summed E-state index contributed by atoms with van der Waals surface area (Å²) in [6, 6.07) is 8.72. The Kier molecular flexibility index (Phi) is 5.32. The number of hydrogen-bond acceptors (Lipinski definition) is 3. The molecular weight excluding hydrogens is 258 g/mol. The molecule has 1 aromatic heterocycles. The van der Waals surface area contributed by atoms with E-state index in [-0.39, 0.29) is 0 Å². The van der Waals surface area contributed by atoms with Gasteiger partial charge in [-0.05, 0) is 37.3 Å². The fourth-order valence-corrected chi connectivity index (χ4v) is 2.63. The van der Waals surface area contributed by atoms with Crippen molar-refractivity contribution in [2.75, 3.05) is 11.9 Å². The van der Waals surface area contributed by atoms with Crippen LogP contribution in [0.2, 0.25) is 0 Å². The predicted octanol–water partition coefficient (Wildman–Crippen LogP) is 4.34. The molecule has 0 aliphatic carbocycles. The van der Waals surface area contributed by atoms with Gasteiger partial charge in [0.25, 0.3) is 0 Å². The molecule has 0 aliphatic rings. The molecular formula is C18H25N3. The Morgan fingerprint density at radius 2 is 1.95 bits per heavy atom. The van der Waals surface area contributed by atoms with Crippen molar-refractivity contribution in [3.8, 4) is 11.3 Å². The first-order valence-corrected chi connectivity index (χ1v) is 7.82. The van der Waals surface area contributed by atoms with Crippen LogP contribution in [0, 0.1) is 5.92 Å². The predicted molar refractivity (Wildman–Crippen MR) is 89.6 cm³/mol. The zero-order chi connectivity index (χ0) is 15.2. The highest BCUT2D eigenvalue weighted by molar-refractivity contribution is 5.68. The third kappa shape index (κ3) is 3.81. The molecule has 3 heteroatoms. The summed E-state index contributed by atoms with van der Waals surface area (Å²) in [4.78, 5) is 8.91. The van der Waals surface area contributed by atoms with Crippen LogP contribution in [0.3, 0.4) is 0 Å². The van der Waals surface area contributed by atoms with E-state index in [0.29, 0.717) is 5.92 Å². The summed E-state index contributed by atoms with van der Waals surface area (Å²) in [7, 11) is 0. The number of nitrogens with one attached hydrogen (secondary N) is 1. The summed E-state index contributed by atoms with van der Waals surface area (Å²) in [5, 5.41) is 3.33. The molecule has 0 unspecified atom stereocenters. The Morgan fingerprint density at radius 3 is 2.62 bits per heavy atom. The summed E-state index contributed by atoms with van der Waals surface area (Å²) >= 11 is 0. The Balaban J connectivity index is 2.43. The monoisotopic (exact) mass is 283 g/mol. The number of benzene rings is 1. The highest BCUT2D eigenvalue weighted by Crippen LogP contribution is 2.27. The molecule has 3 nitrogen and oxygen atoms in total. The topological polar surface area (TPSA) is 37.8 Å². The molecule has 0 atom stereocenters. The Hall–Kier alpha value is -1.90. The number of rotatable bonds is 6. The summed E-state index contributed by atoms with van der Waals surface area (Å²) in [6.07, 6.45) is 3.68. The summed E-state index contributed by atoms with van der Waals surface area (Å²) in [5.41, 5.74) is 4.80. The van der Waals surface area contributed by atoms with Gasteiger partial charge in [0.15, 0.2) is 0 Å². The lowest BCUT2D eigenvalue weighted by Gasteiger charge is -2.13. The van der Waals surface area contributed by atoms with Crippen LogP contribution in [0.4, 0.5) is 5.82 Å². The van der Waals surface area contributed by atoms with Gasteiger partial charge in [-0.1, -0.05) is 39.0 Å². The van der Waals surface area contributed by atoms with Crippen LogP contribution in [-0.2, 0) is 12.8 Å². The average molecular weight is 283 g/mol. The van der Waals surface area contributed by atoms with Gasteiger partial charge in [0.05, 0.1) is 5.69 Å². The second-order valence-corrected chi connectivity index (χ2v) is 5.73. The van der Waals surface area contributed by atoms with Gasteiger partial charge in [-0.25, -0.2) is 9.97 Å². The number of hydrogen-bond donors (Lipinski definition) is 1. The second kappa shape index (κ2) is 7.21. The van der Waals surface area contributed by atoms with Crippen molar-refractivity contribution >= 4 is 5.82 Å². The van der Waals surface area contributed by atoms with Crippen molar-refractivity contribution in [3.05, 3.63) is 41.7 Å². The minimum atomic E-state index is 0.661. The zero-order valence-electron chi connectivity index (χ0n) is 13.5. The molecule has 112 valence electrons. The molecule has 0 saturated heterocycles. The zero-order valence-corrected chi connectivity index (χ0v) is 13.5. The highest BCUT2D eigenvalue weighted by atomic mass is 15.0. The van der Waals surface area contributed by atoms with Gasteiger partial charge in [0, 0.05) is 17.7 Å². The molecule has 1 heterocycles. The summed E-state index contributed by atoms with van der Waals surface area (Å²) in [5.74, 6) is 1.62. The number of nitrogens with zero attached hydrogens (tertiary/aromatic N) is 2. The fraction of sp³-hybridized carbons (Fsp3) is 0.444. The van der Waals surface area contributed by atoms with Gasteiger partial charge in [-0.2, -0.15) is 0 Å². The number of anilines is 1. The van der Waals surface area contributed by atoms with Crippen molar-refractivity contribution in [1.29, 1.82) is 0 Å². The fourth-order valence-electron chi connectivity index (χ4n) is 2.63. The molecule has 1 N–H and O–H groups in total. The van der Waals surface area contributed by atoms with Gasteiger partial charge in [0.2, 0.25) is 0 Å². The highest BCUT2D eigenvalue weighted by Gasteiger charge is 2.11.